The van der Waals surface area contributed by atoms with Gasteiger partial charge in [-0.2, -0.15) is 0 Å². The summed E-state index contributed by atoms with van der Waals surface area (Å²) in [5.74, 6) is 0. The minimum atomic E-state index is 0.657. The van der Waals surface area contributed by atoms with Crippen LogP contribution in [0.15, 0.2) is 0 Å². The van der Waals surface area contributed by atoms with Crippen LogP contribution in [0, 0.1) is 0 Å². The largest absolute Gasteiger partial charge is 0.382 e. The van der Waals surface area contributed by atoms with Crippen LogP contribution in [-0.2, 0) is 9.47 Å². The van der Waals surface area contributed by atoms with E-state index in [-0.39, 0.29) is 0 Å². The summed E-state index contributed by atoms with van der Waals surface area (Å²) in [6, 6.07) is 1.34. The maximum absolute atomic E-state index is 5.52. The Morgan fingerprint density at radius 1 is 1.28 bits per heavy atom. The van der Waals surface area contributed by atoms with E-state index < -0.39 is 0 Å². The predicted molar refractivity (Wildman–Crippen MR) is 75.0 cm³/mol. The second-order valence-corrected chi connectivity index (χ2v) is 5.15. The lowest BCUT2D eigenvalue weighted by Crippen LogP contribution is -2.40. The van der Waals surface area contributed by atoms with Gasteiger partial charge in [-0.1, -0.05) is 6.92 Å². The molecule has 1 heterocycles. The first-order chi connectivity index (χ1) is 8.77. The summed E-state index contributed by atoms with van der Waals surface area (Å²) in [6.07, 6.45) is 3.58. The minimum absolute atomic E-state index is 0.657. The Labute approximate surface area is 112 Å². The van der Waals surface area contributed by atoms with Crippen LogP contribution in [0.3, 0.4) is 0 Å². The van der Waals surface area contributed by atoms with Crippen LogP contribution < -0.4 is 5.32 Å². The highest BCUT2D eigenvalue weighted by molar-refractivity contribution is 4.80. The SMILES string of the molecule is CCC1CN(CCCOCCOC)C(C)CCN1. The lowest BCUT2D eigenvalue weighted by Gasteiger charge is -2.28. The van der Waals surface area contributed by atoms with E-state index in [1.54, 1.807) is 7.11 Å². The van der Waals surface area contributed by atoms with Gasteiger partial charge >= 0.3 is 0 Å². The molecular weight excluding hydrogens is 228 g/mol. The van der Waals surface area contributed by atoms with Gasteiger partial charge < -0.3 is 14.8 Å². The smallest absolute Gasteiger partial charge is 0.0700 e. The Bertz CT molecular complexity index is 202. The predicted octanol–water partition coefficient (Wildman–Crippen LogP) is 1.50. The van der Waals surface area contributed by atoms with Gasteiger partial charge in [0.25, 0.3) is 0 Å². The van der Waals surface area contributed by atoms with Crippen LogP contribution in [0.25, 0.3) is 0 Å². The van der Waals surface area contributed by atoms with E-state index in [1.165, 1.54) is 19.4 Å². The lowest BCUT2D eigenvalue weighted by molar-refractivity contribution is 0.0629. The monoisotopic (exact) mass is 258 g/mol. The first-order valence-corrected chi connectivity index (χ1v) is 7.32. The van der Waals surface area contributed by atoms with E-state index in [9.17, 15) is 0 Å². The standard InChI is InChI=1S/C14H30N2O2/c1-4-14-12-16(13(2)6-7-15-14)8-5-9-18-11-10-17-3/h13-15H,4-12H2,1-3H3. The Morgan fingerprint density at radius 3 is 2.83 bits per heavy atom. The fraction of sp³-hybridized carbons (Fsp3) is 1.00. The third kappa shape index (κ3) is 6.14. The van der Waals surface area contributed by atoms with Gasteiger partial charge in [0.05, 0.1) is 13.2 Å². The molecule has 2 unspecified atom stereocenters. The second kappa shape index (κ2) is 9.73. The average molecular weight is 258 g/mol. The lowest BCUT2D eigenvalue weighted by atomic mass is 10.2. The molecule has 1 aliphatic heterocycles. The fourth-order valence-corrected chi connectivity index (χ4v) is 2.41. The van der Waals surface area contributed by atoms with Crippen molar-refractivity contribution in [2.45, 2.75) is 45.2 Å². The molecule has 0 saturated carbocycles. The first kappa shape index (κ1) is 15.9. The van der Waals surface area contributed by atoms with Crippen LogP contribution in [-0.4, -0.2) is 63.5 Å². The van der Waals surface area contributed by atoms with Crippen LogP contribution >= 0.6 is 0 Å². The van der Waals surface area contributed by atoms with E-state index in [0.717, 1.165) is 26.1 Å². The summed E-state index contributed by atoms with van der Waals surface area (Å²) in [5.41, 5.74) is 0. The van der Waals surface area contributed by atoms with Crippen molar-refractivity contribution in [1.82, 2.24) is 10.2 Å². The number of rotatable bonds is 8. The highest BCUT2D eigenvalue weighted by atomic mass is 16.5. The number of methoxy groups -OCH3 is 1. The number of hydrogen-bond donors (Lipinski definition) is 1. The summed E-state index contributed by atoms with van der Waals surface area (Å²) in [4.78, 5) is 2.61. The molecule has 0 aromatic carbocycles. The molecule has 108 valence electrons. The van der Waals surface area contributed by atoms with E-state index in [2.05, 4.69) is 24.1 Å². The zero-order valence-electron chi connectivity index (χ0n) is 12.3. The molecule has 0 aromatic rings. The van der Waals surface area contributed by atoms with Crippen LogP contribution in [0.2, 0.25) is 0 Å². The number of ether oxygens (including phenoxy) is 2. The van der Waals surface area contributed by atoms with Crippen molar-refractivity contribution >= 4 is 0 Å². The molecule has 0 spiro atoms. The number of hydrogen-bond acceptors (Lipinski definition) is 4. The van der Waals surface area contributed by atoms with Gasteiger partial charge in [0.1, 0.15) is 0 Å². The first-order valence-electron chi connectivity index (χ1n) is 7.32. The van der Waals surface area contributed by atoms with E-state index in [1.807, 2.05) is 0 Å². The van der Waals surface area contributed by atoms with Crippen molar-refractivity contribution in [2.24, 2.45) is 0 Å². The van der Waals surface area contributed by atoms with Gasteiger partial charge in [0, 0.05) is 38.9 Å². The zero-order chi connectivity index (χ0) is 13.2. The third-order valence-electron chi connectivity index (χ3n) is 3.73. The molecule has 1 rings (SSSR count). The quantitative estimate of drug-likeness (QED) is 0.669. The molecule has 0 aliphatic carbocycles. The van der Waals surface area contributed by atoms with Crippen molar-refractivity contribution in [2.75, 3.05) is 46.6 Å². The fourth-order valence-electron chi connectivity index (χ4n) is 2.41. The molecule has 2 atom stereocenters. The van der Waals surface area contributed by atoms with Crippen LogP contribution in [0.4, 0.5) is 0 Å². The van der Waals surface area contributed by atoms with Gasteiger partial charge in [0.15, 0.2) is 0 Å². The molecule has 4 nitrogen and oxygen atoms in total. The van der Waals surface area contributed by atoms with Gasteiger partial charge in [-0.05, 0) is 32.7 Å². The summed E-state index contributed by atoms with van der Waals surface area (Å²) >= 11 is 0. The molecule has 1 fully saturated rings. The van der Waals surface area contributed by atoms with Crippen molar-refractivity contribution in [3.63, 3.8) is 0 Å². The molecule has 0 radical (unpaired) electrons. The molecular formula is C14H30N2O2. The normalized spacial score (nSPS) is 26.2. The summed E-state index contributed by atoms with van der Waals surface area (Å²) < 4.78 is 10.5. The minimum Gasteiger partial charge on any atom is -0.382 e. The Hall–Kier alpha value is -0.160. The maximum atomic E-state index is 5.52. The molecule has 1 N–H and O–H groups in total. The number of nitrogens with zero attached hydrogens (tertiary/aromatic N) is 1. The Kier molecular flexibility index (Phi) is 8.59. The molecule has 0 bridgehead atoms. The van der Waals surface area contributed by atoms with Crippen molar-refractivity contribution < 1.29 is 9.47 Å². The van der Waals surface area contributed by atoms with Gasteiger partial charge in [-0.3, -0.25) is 4.90 Å². The summed E-state index contributed by atoms with van der Waals surface area (Å²) in [7, 11) is 1.71. The zero-order valence-corrected chi connectivity index (χ0v) is 12.3. The van der Waals surface area contributed by atoms with Gasteiger partial charge in [-0.25, -0.2) is 0 Å². The summed E-state index contributed by atoms with van der Waals surface area (Å²) in [5, 5.41) is 3.62. The van der Waals surface area contributed by atoms with Crippen LogP contribution in [0.1, 0.15) is 33.1 Å². The van der Waals surface area contributed by atoms with Crippen molar-refractivity contribution in [3.8, 4) is 0 Å². The summed E-state index contributed by atoms with van der Waals surface area (Å²) in [6.45, 7) is 10.3. The molecule has 18 heavy (non-hydrogen) atoms. The molecule has 0 amide bonds. The molecule has 0 aromatic heterocycles. The van der Waals surface area contributed by atoms with E-state index in [4.69, 9.17) is 9.47 Å². The highest BCUT2D eigenvalue weighted by Gasteiger charge is 2.20. The van der Waals surface area contributed by atoms with Gasteiger partial charge in [-0.15, -0.1) is 0 Å². The Balaban J connectivity index is 2.17. The van der Waals surface area contributed by atoms with Gasteiger partial charge in [0.2, 0.25) is 0 Å². The maximum Gasteiger partial charge on any atom is 0.0700 e. The van der Waals surface area contributed by atoms with E-state index in [0.29, 0.717) is 25.3 Å². The molecule has 1 aliphatic rings. The topological polar surface area (TPSA) is 33.7 Å². The average Bonchev–Trinajstić information content (AvgIpc) is 2.56. The highest BCUT2D eigenvalue weighted by Crippen LogP contribution is 2.11. The van der Waals surface area contributed by atoms with Crippen molar-refractivity contribution in [3.05, 3.63) is 0 Å². The van der Waals surface area contributed by atoms with E-state index >= 15 is 0 Å². The number of nitrogens with one attached hydrogen (secondary N) is 1. The Morgan fingerprint density at radius 2 is 2.11 bits per heavy atom. The van der Waals surface area contributed by atoms with Crippen molar-refractivity contribution in [1.29, 1.82) is 0 Å². The molecule has 1 saturated heterocycles. The molecule has 4 heteroatoms. The second-order valence-electron chi connectivity index (χ2n) is 5.15. The van der Waals surface area contributed by atoms with Crippen LogP contribution in [0.5, 0.6) is 0 Å². The third-order valence-corrected chi connectivity index (χ3v) is 3.73.